The Bertz CT molecular complexity index is 722. The van der Waals surface area contributed by atoms with Crippen molar-refractivity contribution in [2.24, 2.45) is 0 Å². The van der Waals surface area contributed by atoms with E-state index >= 15 is 0 Å². The number of amides is 1. The minimum absolute atomic E-state index is 0.0147. The van der Waals surface area contributed by atoms with Gasteiger partial charge in [-0.05, 0) is 46.6 Å². The van der Waals surface area contributed by atoms with E-state index in [1.807, 2.05) is 6.07 Å². The molecule has 0 saturated heterocycles. The Balaban J connectivity index is 3.15. The summed E-state index contributed by atoms with van der Waals surface area (Å²) >= 11 is 3.34. The zero-order chi connectivity index (χ0) is 19.0. The second-order valence-electron chi connectivity index (χ2n) is 5.00. The molecule has 134 valence electrons. The molecule has 0 saturated carbocycles. The molecule has 7 nitrogen and oxygen atoms in total. The Morgan fingerprint density at radius 2 is 2.04 bits per heavy atom. The summed E-state index contributed by atoms with van der Waals surface area (Å²) in [4.78, 5) is 24.7. The molecule has 0 unspecified atom stereocenters. The van der Waals surface area contributed by atoms with Crippen molar-refractivity contribution in [3.63, 3.8) is 0 Å². The van der Waals surface area contributed by atoms with Crippen LogP contribution >= 0.6 is 15.9 Å². The van der Waals surface area contributed by atoms with E-state index < -0.39 is 11.9 Å². The van der Waals surface area contributed by atoms with Crippen molar-refractivity contribution in [1.82, 2.24) is 4.90 Å². The molecule has 0 spiro atoms. The summed E-state index contributed by atoms with van der Waals surface area (Å²) < 4.78 is 16.0. The number of nitriles is 1. The number of ether oxygens (including phenoxy) is 3. The molecule has 8 heteroatoms. The number of methoxy groups -OCH3 is 1. The number of hydrogen-bond donors (Lipinski definition) is 0. The van der Waals surface area contributed by atoms with Crippen LogP contribution in [-0.4, -0.2) is 51.2 Å². The van der Waals surface area contributed by atoms with Crippen LogP contribution in [0.5, 0.6) is 11.5 Å². The van der Waals surface area contributed by atoms with Gasteiger partial charge in [0.15, 0.2) is 18.1 Å². The highest BCUT2D eigenvalue weighted by Crippen LogP contribution is 2.37. The lowest BCUT2D eigenvalue weighted by molar-refractivity contribution is -0.145. The van der Waals surface area contributed by atoms with Crippen LogP contribution in [0.4, 0.5) is 0 Å². The molecule has 1 aromatic rings. The van der Waals surface area contributed by atoms with Crippen LogP contribution in [0.1, 0.15) is 12.5 Å². The quantitative estimate of drug-likeness (QED) is 0.389. The summed E-state index contributed by atoms with van der Waals surface area (Å²) in [6.07, 6.45) is 1.45. The van der Waals surface area contributed by atoms with Crippen molar-refractivity contribution in [2.45, 2.75) is 6.92 Å². The van der Waals surface area contributed by atoms with Gasteiger partial charge < -0.3 is 19.1 Å². The smallest absolute Gasteiger partial charge is 0.344 e. The maximum absolute atomic E-state index is 11.9. The number of likely N-dealkylation sites (N-methyl/N-ethyl adjacent to an activating group) is 1. The molecular formula is C17H19BrN2O5. The minimum Gasteiger partial charge on any atom is -0.493 e. The summed E-state index contributed by atoms with van der Waals surface area (Å²) in [6, 6.07) is 5.14. The van der Waals surface area contributed by atoms with Crippen LogP contribution in [-0.2, 0) is 14.3 Å². The van der Waals surface area contributed by atoms with E-state index in [2.05, 4.69) is 15.9 Å². The number of benzene rings is 1. The average Bonchev–Trinajstić information content (AvgIpc) is 2.57. The zero-order valence-electron chi connectivity index (χ0n) is 14.5. The van der Waals surface area contributed by atoms with Gasteiger partial charge in [0.25, 0.3) is 5.91 Å². The maximum Gasteiger partial charge on any atom is 0.344 e. The Kier molecular flexibility index (Phi) is 7.95. The Labute approximate surface area is 154 Å². The molecule has 1 rings (SSSR count). The molecule has 0 fully saturated rings. The lowest BCUT2D eigenvalue weighted by atomic mass is 10.1. The van der Waals surface area contributed by atoms with Crippen molar-refractivity contribution in [1.29, 1.82) is 5.26 Å². The number of halogens is 1. The van der Waals surface area contributed by atoms with Gasteiger partial charge in [-0.2, -0.15) is 5.26 Å². The topological polar surface area (TPSA) is 88.9 Å². The maximum atomic E-state index is 11.9. The third-order valence-electron chi connectivity index (χ3n) is 2.96. The van der Waals surface area contributed by atoms with Gasteiger partial charge >= 0.3 is 5.97 Å². The van der Waals surface area contributed by atoms with Crippen molar-refractivity contribution < 1.29 is 23.8 Å². The Morgan fingerprint density at radius 1 is 1.36 bits per heavy atom. The third kappa shape index (κ3) is 5.80. The van der Waals surface area contributed by atoms with Gasteiger partial charge in [-0.3, -0.25) is 4.79 Å². The number of esters is 1. The van der Waals surface area contributed by atoms with Crippen molar-refractivity contribution >= 4 is 33.9 Å². The summed E-state index contributed by atoms with van der Waals surface area (Å²) in [5, 5.41) is 9.17. The highest BCUT2D eigenvalue weighted by molar-refractivity contribution is 9.10. The number of carbonyl (C=O) groups is 2. The Hall–Kier alpha value is -2.53. The van der Waals surface area contributed by atoms with Crippen LogP contribution in [0.25, 0.3) is 6.08 Å². The first kappa shape index (κ1) is 20.5. The molecule has 0 aliphatic rings. The van der Waals surface area contributed by atoms with Gasteiger partial charge in [-0.15, -0.1) is 0 Å². The number of carbonyl (C=O) groups excluding carboxylic acids is 2. The van der Waals surface area contributed by atoms with Gasteiger partial charge in [0.05, 0.1) is 18.2 Å². The van der Waals surface area contributed by atoms with Crippen LogP contribution < -0.4 is 9.47 Å². The van der Waals surface area contributed by atoms with E-state index in [0.29, 0.717) is 21.5 Å². The molecule has 0 radical (unpaired) electrons. The number of rotatable bonds is 7. The largest absolute Gasteiger partial charge is 0.493 e. The van der Waals surface area contributed by atoms with Crippen LogP contribution in [0.2, 0.25) is 0 Å². The Morgan fingerprint density at radius 3 is 2.56 bits per heavy atom. The van der Waals surface area contributed by atoms with Gasteiger partial charge in [-0.25, -0.2) is 4.79 Å². The monoisotopic (exact) mass is 410 g/mol. The molecule has 0 aromatic heterocycles. The molecule has 0 heterocycles. The first-order chi connectivity index (χ1) is 11.8. The molecule has 0 bridgehead atoms. The lowest BCUT2D eigenvalue weighted by Gasteiger charge is -2.13. The molecule has 25 heavy (non-hydrogen) atoms. The molecule has 0 N–H and O–H groups in total. The van der Waals surface area contributed by atoms with Gasteiger partial charge in [-0.1, -0.05) is 0 Å². The first-order valence-electron chi connectivity index (χ1n) is 7.33. The van der Waals surface area contributed by atoms with E-state index in [1.54, 1.807) is 33.2 Å². The molecule has 1 amide bonds. The fourth-order valence-corrected chi connectivity index (χ4v) is 2.42. The molecule has 0 aliphatic heterocycles. The predicted molar refractivity (Wildman–Crippen MR) is 95.1 cm³/mol. The second-order valence-corrected chi connectivity index (χ2v) is 5.85. The first-order valence-corrected chi connectivity index (χ1v) is 8.12. The van der Waals surface area contributed by atoms with Crippen LogP contribution in [0.15, 0.2) is 22.2 Å². The zero-order valence-corrected chi connectivity index (χ0v) is 16.0. The van der Waals surface area contributed by atoms with E-state index in [1.165, 1.54) is 18.1 Å². The van der Waals surface area contributed by atoms with Crippen molar-refractivity contribution in [3.8, 4) is 17.6 Å². The van der Waals surface area contributed by atoms with Crippen molar-refractivity contribution in [3.05, 3.63) is 27.7 Å². The number of nitrogens with zero attached hydrogens (tertiary/aromatic N) is 2. The number of hydrogen-bond acceptors (Lipinski definition) is 6. The SMILES string of the molecule is CCOC(=O)COc1c(Br)cc(/C=C(/C#N)C(=O)N(C)C)cc1OC. The molecule has 0 aliphatic carbocycles. The summed E-state index contributed by atoms with van der Waals surface area (Å²) in [5.74, 6) is -0.228. The average molecular weight is 411 g/mol. The molecule has 1 aromatic carbocycles. The van der Waals surface area contributed by atoms with E-state index in [4.69, 9.17) is 19.5 Å². The summed E-state index contributed by atoms with van der Waals surface area (Å²) in [7, 11) is 4.58. The predicted octanol–water partition coefficient (Wildman–Crippen LogP) is 2.39. The standard InChI is InChI=1S/C17H19BrN2O5/c1-5-24-15(21)10-25-16-13(18)7-11(8-14(16)23-4)6-12(9-19)17(22)20(2)3/h6-8H,5,10H2,1-4H3/b12-6-. The summed E-state index contributed by atoms with van der Waals surface area (Å²) in [5.41, 5.74) is 0.554. The highest BCUT2D eigenvalue weighted by Gasteiger charge is 2.16. The normalized spacial score (nSPS) is 10.6. The van der Waals surface area contributed by atoms with Crippen LogP contribution in [0.3, 0.4) is 0 Å². The van der Waals surface area contributed by atoms with Gasteiger partial charge in [0, 0.05) is 14.1 Å². The highest BCUT2D eigenvalue weighted by atomic mass is 79.9. The lowest BCUT2D eigenvalue weighted by Crippen LogP contribution is -2.22. The van der Waals surface area contributed by atoms with E-state index in [9.17, 15) is 9.59 Å². The van der Waals surface area contributed by atoms with Crippen LogP contribution in [0, 0.1) is 11.3 Å². The third-order valence-corrected chi connectivity index (χ3v) is 3.55. The summed E-state index contributed by atoms with van der Waals surface area (Å²) in [6.45, 7) is 1.71. The van der Waals surface area contributed by atoms with E-state index in [0.717, 1.165) is 0 Å². The molecular weight excluding hydrogens is 392 g/mol. The van der Waals surface area contributed by atoms with Gasteiger partial charge in [0.2, 0.25) is 0 Å². The minimum atomic E-state index is -0.497. The fourth-order valence-electron chi connectivity index (χ4n) is 1.85. The van der Waals surface area contributed by atoms with E-state index in [-0.39, 0.29) is 18.8 Å². The van der Waals surface area contributed by atoms with Crippen molar-refractivity contribution in [2.75, 3.05) is 34.4 Å². The van der Waals surface area contributed by atoms with Gasteiger partial charge in [0.1, 0.15) is 11.6 Å². The molecule has 0 atom stereocenters. The fraction of sp³-hybridized carbons (Fsp3) is 0.353. The second kappa shape index (κ2) is 9.69.